The van der Waals surface area contributed by atoms with Crippen LogP contribution >= 0.6 is 0 Å². The molecule has 1 saturated heterocycles. The molecule has 2 unspecified atom stereocenters. The van der Waals surface area contributed by atoms with Crippen molar-refractivity contribution in [3.05, 3.63) is 0 Å². The lowest BCUT2D eigenvalue weighted by Gasteiger charge is -2.17. The highest BCUT2D eigenvalue weighted by Gasteiger charge is 2.45. The topological polar surface area (TPSA) is 87.0 Å². The number of hydrogen-bond donors (Lipinski definition) is 3. The molecule has 1 fully saturated rings. The first-order valence-electron chi connectivity index (χ1n) is 3.27. The summed E-state index contributed by atoms with van der Waals surface area (Å²) in [5.41, 5.74) is 0. The summed E-state index contributed by atoms with van der Waals surface area (Å²) in [5, 5.41) is 26.2. The van der Waals surface area contributed by atoms with Crippen molar-refractivity contribution < 1.29 is 24.9 Å². The number of ether oxygens (including phenoxy) is 1. The maximum atomic E-state index is 10.9. The Hall–Kier alpha value is -0.490. The molecule has 0 bridgehead atoms. The van der Waals surface area contributed by atoms with Gasteiger partial charge in [-0.3, -0.25) is 4.79 Å². The van der Waals surface area contributed by atoms with Crippen LogP contribution in [0.25, 0.3) is 0 Å². The smallest absolute Gasteiger partial charge is 0.250 e. The van der Waals surface area contributed by atoms with Crippen molar-refractivity contribution in [2.45, 2.75) is 18.3 Å². The SMILES string of the molecule is O=C1CC(CO)OC1(O)CO. The Morgan fingerprint density at radius 3 is 2.55 bits per heavy atom. The molecule has 0 aromatic heterocycles. The monoisotopic (exact) mass is 162 g/mol. The van der Waals surface area contributed by atoms with Crippen LogP contribution in [0.15, 0.2) is 0 Å². The number of hydrogen-bond acceptors (Lipinski definition) is 5. The highest BCUT2D eigenvalue weighted by atomic mass is 16.7. The third kappa shape index (κ3) is 1.41. The highest BCUT2D eigenvalue weighted by Crippen LogP contribution is 2.23. The Labute approximate surface area is 63.2 Å². The molecule has 5 nitrogen and oxygen atoms in total. The number of rotatable bonds is 2. The summed E-state index contributed by atoms with van der Waals surface area (Å²) in [6.07, 6.45) is -0.729. The number of aliphatic hydroxyl groups excluding tert-OH is 2. The van der Waals surface area contributed by atoms with Crippen molar-refractivity contribution in [2.24, 2.45) is 0 Å². The minimum absolute atomic E-state index is 0.0481. The molecule has 1 aliphatic heterocycles. The van der Waals surface area contributed by atoms with Gasteiger partial charge in [0.25, 0.3) is 5.79 Å². The van der Waals surface area contributed by atoms with Crippen molar-refractivity contribution in [3.63, 3.8) is 0 Å². The van der Waals surface area contributed by atoms with Crippen molar-refractivity contribution in [1.82, 2.24) is 0 Å². The third-order valence-electron chi connectivity index (χ3n) is 1.63. The average molecular weight is 162 g/mol. The molecule has 0 amide bonds. The van der Waals surface area contributed by atoms with E-state index in [0.29, 0.717) is 0 Å². The van der Waals surface area contributed by atoms with Crippen LogP contribution in [0.4, 0.5) is 0 Å². The van der Waals surface area contributed by atoms with Gasteiger partial charge in [-0.05, 0) is 0 Å². The third-order valence-corrected chi connectivity index (χ3v) is 1.63. The number of Topliss-reactive ketones (excluding diaryl/α,β-unsaturated/α-hetero) is 1. The van der Waals surface area contributed by atoms with E-state index in [4.69, 9.17) is 15.3 Å². The molecular weight excluding hydrogens is 152 g/mol. The van der Waals surface area contributed by atoms with Gasteiger partial charge in [-0.15, -0.1) is 0 Å². The van der Waals surface area contributed by atoms with Crippen molar-refractivity contribution >= 4 is 5.78 Å². The molecule has 0 aliphatic carbocycles. The second kappa shape index (κ2) is 2.86. The van der Waals surface area contributed by atoms with Crippen LogP contribution in [0, 0.1) is 0 Å². The van der Waals surface area contributed by atoms with E-state index in [1.54, 1.807) is 0 Å². The summed E-state index contributed by atoms with van der Waals surface area (Å²) in [7, 11) is 0. The fourth-order valence-electron chi connectivity index (χ4n) is 0.977. The lowest BCUT2D eigenvalue weighted by atomic mass is 10.1. The number of carbonyl (C=O) groups is 1. The molecule has 1 heterocycles. The number of carbonyl (C=O) groups excluding carboxylic acids is 1. The second-order valence-corrected chi connectivity index (χ2v) is 2.49. The Bertz CT molecular complexity index is 168. The molecule has 1 aliphatic rings. The van der Waals surface area contributed by atoms with Gasteiger partial charge in [0.05, 0.1) is 12.7 Å². The predicted molar refractivity (Wildman–Crippen MR) is 33.6 cm³/mol. The van der Waals surface area contributed by atoms with E-state index >= 15 is 0 Å². The average Bonchev–Trinajstić information content (AvgIpc) is 2.29. The van der Waals surface area contributed by atoms with Gasteiger partial charge in [0.2, 0.25) is 0 Å². The van der Waals surface area contributed by atoms with E-state index in [2.05, 4.69) is 4.74 Å². The van der Waals surface area contributed by atoms with Crippen LogP contribution in [0.2, 0.25) is 0 Å². The molecule has 64 valence electrons. The summed E-state index contributed by atoms with van der Waals surface area (Å²) in [4.78, 5) is 10.9. The molecule has 1 rings (SSSR count). The van der Waals surface area contributed by atoms with Gasteiger partial charge in [0.15, 0.2) is 5.78 Å². The normalized spacial score (nSPS) is 38.1. The van der Waals surface area contributed by atoms with Crippen LogP contribution in [-0.4, -0.2) is 46.2 Å². The molecule has 0 aromatic carbocycles. The summed E-state index contributed by atoms with van der Waals surface area (Å²) in [6.45, 7) is -1.09. The quantitative estimate of drug-likeness (QED) is 0.438. The molecular formula is C6H10O5. The Kier molecular flexibility index (Phi) is 2.24. The Morgan fingerprint density at radius 1 is 1.64 bits per heavy atom. The molecule has 5 heteroatoms. The maximum Gasteiger partial charge on any atom is 0.250 e. The zero-order valence-electron chi connectivity index (χ0n) is 5.86. The molecule has 2 atom stereocenters. The van der Waals surface area contributed by atoms with Crippen LogP contribution < -0.4 is 0 Å². The van der Waals surface area contributed by atoms with E-state index in [0.717, 1.165) is 0 Å². The van der Waals surface area contributed by atoms with E-state index in [-0.39, 0.29) is 13.0 Å². The standard InChI is InChI=1S/C6H10O5/c7-2-4-1-5(9)6(10,3-8)11-4/h4,7-8,10H,1-3H2. The number of ketones is 1. The minimum atomic E-state index is -2.08. The van der Waals surface area contributed by atoms with Gasteiger partial charge >= 0.3 is 0 Å². The van der Waals surface area contributed by atoms with Crippen molar-refractivity contribution in [2.75, 3.05) is 13.2 Å². The Balaban J connectivity index is 2.65. The zero-order valence-corrected chi connectivity index (χ0v) is 5.86. The summed E-state index contributed by atoms with van der Waals surface area (Å²) >= 11 is 0. The molecule has 11 heavy (non-hydrogen) atoms. The summed E-state index contributed by atoms with van der Waals surface area (Å²) in [6, 6.07) is 0. The largest absolute Gasteiger partial charge is 0.394 e. The fourth-order valence-corrected chi connectivity index (χ4v) is 0.977. The lowest BCUT2D eigenvalue weighted by Crippen LogP contribution is -2.40. The van der Waals surface area contributed by atoms with Crippen LogP contribution in [0.5, 0.6) is 0 Å². The molecule has 0 aromatic rings. The first kappa shape index (κ1) is 8.61. The van der Waals surface area contributed by atoms with Gasteiger partial charge in [-0.2, -0.15) is 0 Å². The maximum absolute atomic E-state index is 10.9. The molecule has 3 N–H and O–H groups in total. The van der Waals surface area contributed by atoms with Gasteiger partial charge in [-0.1, -0.05) is 0 Å². The lowest BCUT2D eigenvalue weighted by molar-refractivity contribution is -0.212. The summed E-state index contributed by atoms with van der Waals surface area (Å²) in [5.74, 6) is -2.66. The number of aliphatic hydroxyl groups is 3. The van der Waals surface area contributed by atoms with Gasteiger partial charge < -0.3 is 20.1 Å². The van der Waals surface area contributed by atoms with Gasteiger partial charge in [0.1, 0.15) is 6.61 Å². The first-order chi connectivity index (χ1) is 5.12. The molecule has 0 radical (unpaired) electrons. The molecule has 0 saturated carbocycles. The molecule has 0 spiro atoms. The fraction of sp³-hybridized carbons (Fsp3) is 0.833. The van der Waals surface area contributed by atoms with E-state index in [1.165, 1.54) is 0 Å². The van der Waals surface area contributed by atoms with Gasteiger partial charge in [-0.25, -0.2) is 0 Å². The van der Waals surface area contributed by atoms with Crippen LogP contribution in [-0.2, 0) is 9.53 Å². The zero-order chi connectivity index (χ0) is 8.48. The predicted octanol–water partition coefficient (Wildman–Crippen LogP) is -1.98. The second-order valence-electron chi connectivity index (χ2n) is 2.49. The van der Waals surface area contributed by atoms with E-state index < -0.39 is 24.3 Å². The first-order valence-corrected chi connectivity index (χ1v) is 3.27. The van der Waals surface area contributed by atoms with E-state index in [9.17, 15) is 4.79 Å². The van der Waals surface area contributed by atoms with Crippen molar-refractivity contribution in [1.29, 1.82) is 0 Å². The summed E-state index contributed by atoms with van der Waals surface area (Å²) < 4.78 is 4.67. The Morgan fingerprint density at radius 2 is 2.27 bits per heavy atom. The van der Waals surface area contributed by atoms with Crippen LogP contribution in [0.3, 0.4) is 0 Å². The van der Waals surface area contributed by atoms with Gasteiger partial charge in [0, 0.05) is 6.42 Å². The van der Waals surface area contributed by atoms with E-state index in [1.807, 2.05) is 0 Å². The van der Waals surface area contributed by atoms with Crippen molar-refractivity contribution in [3.8, 4) is 0 Å². The minimum Gasteiger partial charge on any atom is -0.394 e. The highest BCUT2D eigenvalue weighted by molar-refractivity contribution is 5.87. The van der Waals surface area contributed by atoms with Crippen LogP contribution in [0.1, 0.15) is 6.42 Å².